The Kier molecular flexibility index (Phi) is 5.67. The molecule has 20 heavy (non-hydrogen) atoms. The third-order valence-corrected chi connectivity index (χ3v) is 4.19. The average Bonchev–Trinajstić information content (AvgIpc) is 2.41. The van der Waals surface area contributed by atoms with Crippen molar-refractivity contribution >= 4 is 17.4 Å². The number of nitrogens with one attached hydrogen (secondary N) is 1. The molecular formula is C16H26ClN3. The lowest BCUT2D eigenvalue weighted by molar-refractivity contribution is 0.480. The van der Waals surface area contributed by atoms with Gasteiger partial charge < -0.3 is 10.2 Å². The fourth-order valence-electron chi connectivity index (χ4n) is 2.67. The maximum Gasteiger partial charge on any atom is 0.129 e. The van der Waals surface area contributed by atoms with Gasteiger partial charge in [0.2, 0.25) is 0 Å². The standard InChI is InChI=1S/C16H26ClN3/c1-12(2)10-18-11-15-14(17)7-8-16(19-15)20-9-5-4-6-13(20)3/h7-8,12-13,18H,4-6,9-11H2,1-3H3. The quantitative estimate of drug-likeness (QED) is 0.894. The number of halogens is 1. The molecule has 0 radical (unpaired) electrons. The Labute approximate surface area is 127 Å². The number of hydrogen-bond acceptors (Lipinski definition) is 3. The summed E-state index contributed by atoms with van der Waals surface area (Å²) in [6, 6.07) is 4.61. The highest BCUT2D eigenvalue weighted by Gasteiger charge is 2.20. The molecule has 1 N–H and O–H groups in total. The molecule has 1 saturated heterocycles. The van der Waals surface area contributed by atoms with Crippen LogP contribution in [0.4, 0.5) is 5.82 Å². The predicted octanol–water partition coefficient (Wildman–Crippen LogP) is 3.86. The van der Waals surface area contributed by atoms with Gasteiger partial charge in [-0.1, -0.05) is 25.4 Å². The minimum atomic E-state index is 0.578. The van der Waals surface area contributed by atoms with Gasteiger partial charge in [-0.15, -0.1) is 0 Å². The largest absolute Gasteiger partial charge is 0.354 e. The van der Waals surface area contributed by atoms with Crippen molar-refractivity contribution in [3.05, 3.63) is 22.8 Å². The molecule has 0 saturated carbocycles. The van der Waals surface area contributed by atoms with Crippen LogP contribution < -0.4 is 10.2 Å². The van der Waals surface area contributed by atoms with E-state index in [0.717, 1.165) is 36.2 Å². The summed E-state index contributed by atoms with van der Waals surface area (Å²) in [6.07, 6.45) is 3.84. The number of nitrogens with zero attached hydrogens (tertiary/aromatic N) is 2. The van der Waals surface area contributed by atoms with Crippen molar-refractivity contribution in [1.29, 1.82) is 0 Å². The van der Waals surface area contributed by atoms with Crippen molar-refractivity contribution in [2.75, 3.05) is 18.0 Å². The van der Waals surface area contributed by atoms with Crippen LogP contribution in [-0.4, -0.2) is 24.1 Å². The molecule has 0 aromatic carbocycles. The first-order chi connectivity index (χ1) is 9.58. The zero-order valence-corrected chi connectivity index (χ0v) is 13.6. The molecule has 0 amide bonds. The van der Waals surface area contributed by atoms with Crippen molar-refractivity contribution in [3.8, 4) is 0 Å². The molecular weight excluding hydrogens is 270 g/mol. The number of piperidine rings is 1. The molecule has 1 fully saturated rings. The second kappa shape index (κ2) is 7.28. The molecule has 112 valence electrons. The Morgan fingerprint density at radius 3 is 2.90 bits per heavy atom. The first-order valence-corrected chi connectivity index (χ1v) is 8.08. The molecule has 1 aromatic rings. The van der Waals surface area contributed by atoms with Gasteiger partial charge in [0, 0.05) is 19.1 Å². The summed E-state index contributed by atoms with van der Waals surface area (Å²) in [5, 5.41) is 4.18. The Morgan fingerprint density at radius 1 is 1.40 bits per heavy atom. The van der Waals surface area contributed by atoms with Gasteiger partial charge in [0.1, 0.15) is 5.82 Å². The van der Waals surface area contributed by atoms with E-state index in [2.05, 4.69) is 37.1 Å². The van der Waals surface area contributed by atoms with Crippen LogP contribution in [0.15, 0.2) is 12.1 Å². The minimum absolute atomic E-state index is 0.578. The monoisotopic (exact) mass is 295 g/mol. The average molecular weight is 296 g/mol. The van der Waals surface area contributed by atoms with Crippen molar-refractivity contribution < 1.29 is 0 Å². The molecule has 1 aromatic heterocycles. The van der Waals surface area contributed by atoms with Crippen LogP contribution in [0.3, 0.4) is 0 Å². The van der Waals surface area contributed by atoms with Gasteiger partial charge in [0.05, 0.1) is 10.7 Å². The Bertz CT molecular complexity index is 434. The van der Waals surface area contributed by atoms with E-state index in [9.17, 15) is 0 Å². The lowest BCUT2D eigenvalue weighted by Gasteiger charge is -2.34. The van der Waals surface area contributed by atoms with Crippen LogP contribution in [0.25, 0.3) is 0 Å². The zero-order chi connectivity index (χ0) is 14.5. The van der Waals surface area contributed by atoms with Crippen molar-refractivity contribution in [1.82, 2.24) is 10.3 Å². The molecule has 2 rings (SSSR count). The highest BCUT2D eigenvalue weighted by molar-refractivity contribution is 6.31. The molecule has 1 aliphatic rings. The second-order valence-corrected chi connectivity index (χ2v) is 6.57. The first kappa shape index (κ1) is 15.6. The Morgan fingerprint density at radius 2 is 2.20 bits per heavy atom. The van der Waals surface area contributed by atoms with Gasteiger partial charge in [-0.05, 0) is 50.8 Å². The summed E-state index contributed by atoms with van der Waals surface area (Å²) < 4.78 is 0. The molecule has 1 unspecified atom stereocenters. The first-order valence-electron chi connectivity index (χ1n) is 7.70. The molecule has 3 nitrogen and oxygen atoms in total. The molecule has 0 spiro atoms. The van der Waals surface area contributed by atoms with E-state index in [-0.39, 0.29) is 0 Å². The number of hydrogen-bond donors (Lipinski definition) is 1. The SMILES string of the molecule is CC(C)CNCc1nc(N2CCCCC2C)ccc1Cl. The number of pyridine rings is 1. The van der Waals surface area contributed by atoms with Crippen LogP contribution >= 0.6 is 11.6 Å². The Balaban J connectivity index is 2.07. The van der Waals surface area contributed by atoms with E-state index in [0.29, 0.717) is 12.0 Å². The lowest BCUT2D eigenvalue weighted by Crippen LogP contribution is -2.38. The van der Waals surface area contributed by atoms with Crippen LogP contribution in [0.5, 0.6) is 0 Å². The summed E-state index contributed by atoms with van der Waals surface area (Å²) >= 11 is 6.27. The predicted molar refractivity (Wildman–Crippen MR) is 86.5 cm³/mol. The molecule has 0 bridgehead atoms. The van der Waals surface area contributed by atoms with Crippen molar-refractivity contribution in [3.63, 3.8) is 0 Å². The fourth-order valence-corrected chi connectivity index (χ4v) is 2.85. The van der Waals surface area contributed by atoms with Crippen LogP contribution in [-0.2, 0) is 6.54 Å². The van der Waals surface area contributed by atoms with Crippen molar-refractivity contribution in [2.24, 2.45) is 5.92 Å². The number of anilines is 1. The third-order valence-electron chi connectivity index (χ3n) is 3.85. The minimum Gasteiger partial charge on any atom is -0.354 e. The van der Waals surface area contributed by atoms with Gasteiger partial charge in [-0.3, -0.25) is 0 Å². The lowest BCUT2D eigenvalue weighted by atomic mass is 10.0. The van der Waals surface area contributed by atoms with Crippen LogP contribution in [0.2, 0.25) is 5.02 Å². The highest BCUT2D eigenvalue weighted by Crippen LogP contribution is 2.25. The van der Waals surface area contributed by atoms with E-state index >= 15 is 0 Å². The van der Waals surface area contributed by atoms with Crippen molar-refractivity contribution in [2.45, 2.75) is 52.6 Å². The summed E-state index contributed by atoms with van der Waals surface area (Å²) in [5.74, 6) is 1.71. The van der Waals surface area contributed by atoms with E-state index in [1.165, 1.54) is 19.3 Å². The van der Waals surface area contributed by atoms with Crippen LogP contribution in [0.1, 0.15) is 45.7 Å². The van der Waals surface area contributed by atoms with E-state index in [1.54, 1.807) is 0 Å². The van der Waals surface area contributed by atoms with Gasteiger partial charge in [-0.25, -0.2) is 4.98 Å². The third kappa shape index (κ3) is 4.10. The van der Waals surface area contributed by atoms with E-state index < -0.39 is 0 Å². The zero-order valence-electron chi connectivity index (χ0n) is 12.8. The smallest absolute Gasteiger partial charge is 0.129 e. The normalized spacial score (nSPS) is 19.6. The second-order valence-electron chi connectivity index (χ2n) is 6.16. The summed E-state index contributed by atoms with van der Waals surface area (Å²) in [6.45, 7) is 9.53. The highest BCUT2D eigenvalue weighted by atomic mass is 35.5. The molecule has 4 heteroatoms. The number of aromatic nitrogens is 1. The fraction of sp³-hybridized carbons (Fsp3) is 0.688. The molecule has 1 atom stereocenters. The number of rotatable bonds is 5. The topological polar surface area (TPSA) is 28.2 Å². The van der Waals surface area contributed by atoms with Gasteiger partial charge >= 0.3 is 0 Å². The molecule has 0 aliphatic carbocycles. The molecule has 2 heterocycles. The summed E-state index contributed by atoms with van der Waals surface area (Å²) in [4.78, 5) is 7.18. The molecule has 1 aliphatic heterocycles. The summed E-state index contributed by atoms with van der Waals surface area (Å²) in [5.41, 5.74) is 0.961. The van der Waals surface area contributed by atoms with Gasteiger partial charge in [0.15, 0.2) is 0 Å². The van der Waals surface area contributed by atoms with Gasteiger partial charge in [0.25, 0.3) is 0 Å². The van der Waals surface area contributed by atoms with E-state index in [4.69, 9.17) is 16.6 Å². The Hall–Kier alpha value is -0.800. The maximum atomic E-state index is 6.27. The van der Waals surface area contributed by atoms with Gasteiger partial charge in [-0.2, -0.15) is 0 Å². The van der Waals surface area contributed by atoms with E-state index in [1.807, 2.05) is 6.07 Å². The summed E-state index contributed by atoms with van der Waals surface area (Å²) in [7, 11) is 0. The maximum absolute atomic E-state index is 6.27. The van der Waals surface area contributed by atoms with Crippen LogP contribution in [0, 0.1) is 5.92 Å².